The molecule has 5 nitrogen and oxygen atoms in total. The molecule has 136 valence electrons. The highest BCUT2D eigenvalue weighted by molar-refractivity contribution is 6.01. The molecule has 3 aromatic rings. The van der Waals surface area contributed by atoms with Crippen molar-refractivity contribution in [2.24, 2.45) is 5.92 Å². The first kappa shape index (κ1) is 17.1. The zero-order valence-electron chi connectivity index (χ0n) is 15.0. The van der Waals surface area contributed by atoms with Crippen LogP contribution < -0.4 is 10.1 Å². The molecule has 1 aliphatic rings. The molecule has 1 aromatic carbocycles. The maximum atomic E-state index is 12.1. The molecule has 0 radical (unpaired) electrons. The fourth-order valence-corrected chi connectivity index (χ4v) is 2.87. The highest BCUT2D eigenvalue weighted by Crippen LogP contribution is 2.47. The second-order valence-electron chi connectivity index (χ2n) is 6.69. The Morgan fingerprint density at radius 2 is 1.81 bits per heavy atom. The number of aromatic nitrogens is 1. The van der Waals surface area contributed by atoms with Gasteiger partial charge in [-0.1, -0.05) is 6.92 Å². The molecule has 0 saturated heterocycles. The number of amides is 1. The highest BCUT2D eigenvalue weighted by Gasteiger charge is 2.36. The third-order valence-corrected chi connectivity index (χ3v) is 4.53. The summed E-state index contributed by atoms with van der Waals surface area (Å²) >= 11 is 0. The van der Waals surface area contributed by atoms with E-state index in [2.05, 4.69) is 17.2 Å². The number of hydrogen-bond acceptors (Lipinski definition) is 4. The Hall–Kier alpha value is -3.34. The lowest BCUT2D eigenvalue weighted by Crippen LogP contribution is -2.07. The Labute approximate surface area is 157 Å². The van der Waals surface area contributed by atoms with E-state index in [4.69, 9.17) is 9.15 Å². The van der Waals surface area contributed by atoms with Crippen LogP contribution in [0.1, 0.15) is 30.8 Å². The first-order valence-electron chi connectivity index (χ1n) is 8.94. The molecule has 1 aliphatic carbocycles. The second-order valence-corrected chi connectivity index (χ2v) is 6.69. The van der Waals surface area contributed by atoms with Crippen molar-refractivity contribution in [3.63, 3.8) is 0 Å². The van der Waals surface area contributed by atoms with Gasteiger partial charge in [-0.25, -0.2) is 0 Å². The molecule has 1 saturated carbocycles. The molecule has 0 bridgehead atoms. The van der Waals surface area contributed by atoms with Crippen molar-refractivity contribution in [2.45, 2.75) is 19.3 Å². The lowest BCUT2D eigenvalue weighted by molar-refractivity contribution is -0.111. The molecule has 1 amide bonds. The highest BCUT2D eigenvalue weighted by atomic mass is 16.5. The Bertz CT molecular complexity index is 945. The van der Waals surface area contributed by atoms with E-state index in [1.165, 1.54) is 12.5 Å². The molecule has 5 heteroatoms. The summed E-state index contributed by atoms with van der Waals surface area (Å²) in [5.41, 5.74) is 0.693. The van der Waals surface area contributed by atoms with Crippen LogP contribution in [0.5, 0.6) is 11.5 Å². The summed E-state index contributed by atoms with van der Waals surface area (Å²) in [7, 11) is 0. The minimum Gasteiger partial charge on any atom is -0.461 e. The van der Waals surface area contributed by atoms with Gasteiger partial charge in [-0.3, -0.25) is 9.78 Å². The summed E-state index contributed by atoms with van der Waals surface area (Å²) in [6.07, 6.45) is 7.68. The van der Waals surface area contributed by atoms with Crippen LogP contribution in [-0.2, 0) is 4.79 Å². The van der Waals surface area contributed by atoms with Gasteiger partial charge >= 0.3 is 0 Å². The van der Waals surface area contributed by atoms with Gasteiger partial charge in [-0.15, -0.1) is 0 Å². The summed E-state index contributed by atoms with van der Waals surface area (Å²) in [5.74, 6) is 4.12. The van der Waals surface area contributed by atoms with Gasteiger partial charge in [0, 0.05) is 30.1 Å². The van der Waals surface area contributed by atoms with Crippen molar-refractivity contribution in [1.29, 1.82) is 0 Å². The number of nitrogens with zero attached hydrogens (tertiary/aromatic N) is 1. The summed E-state index contributed by atoms with van der Waals surface area (Å²) in [6.45, 7) is 2.21. The van der Waals surface area contributed by atoms with Crippen LogP contribution in [0.15, 0.2) is 71.4 Å². The van der Waals surface area contributed by atoms with E-state index < -0.39 is 0 Å². The third-order valence-electron chi connectivity index (χ3n) is 4.53. The first-order valence-corrected chi connectivity index (χ1v) is 8.94. The molecular weight excluding hydrogens is 340 g/mol. The van der Waals surface area contributed by atoms with Crippen LogP contribution in [-0.4, -0.2) is 10.9 Å². The quantitative estimate of drug-likeness (QED) is 0.610. The van der Waals surface area contributed by atoms with Crippen molar-refractivity contribution in [2.75, 3.05) is 5.32 Å². The largest absolute Gasteiger partial charge is 0.461 e. The van der Waals surface area contributed by atoms with Crippen LogP contribution in [0.3, 0.4) is 0 Å². The number of ether oxygens (including phenoxy) is 1. The first-order chi connectivity index (χ1) is 13.2. The molecular formula is C22H20N2O3. The number of hydrogen-bond donors (Lipinski definition) is 1. The molecule has 1 fully saturated rings. The lowest BCUT2D eigenvalue weighted by atomic mass is 10.3. The van der Waals surface area contributed by atoms with Gasteiger partial charge in [-0.2, -0.15) is 0 Å². The molecule has 0 spiro atoms. The summed E-state index contributed by atoms with van der Waals surface area (Å²) < 4.78 is 11.5. The fraction of sp³-hybridized carbons (Fsp3) is 0.182. The van der Waals surface area contributed by atoms with Crippen molar-refractivity contribution < 1.29 is 13.9 Å². The van der Waals surface area contributed by atoms with E-state index in [9.17, 15) is 4.79 Å². The van der Waals surface area contributed by atoms with Gasteiger partial charge in [0.1, 0.15) is 23.0 Å². The average molecular weight is 360 g/mol. The smallest absolute Gasteiger partial charge is 0.248 e. The topological polar surface area (TPSA) is 64.4 Å². The van der Waals surface area contributed by atoms with E-state index >= 15 is 0 Å². The molecule has 27 heavy (non-hydrogen) atoms. The fourth-order valence-electron chi connectivity index (χ4n) is 2.87. The van der Waals surface area contributed by atoms with Gasteiger partial charge < -0.3 is 14.5 Å². The van der Waals surface area contributed by atoms with Gasteiger partial charge in [0.25, 0.3) is 0 Å². The van der Waals surface area contributed by atoms with Gasteiger partial charge in [0.05, 0.1) is 0 Å². The average Bonchev–Trinajstić information content (AvgIpc) is 3.23. The molecule has 1 N–H and O–H groups in total. The minimum absolute atomic E-state index is 0.212. The van der Waals surface area contributed by atoms with E-state index in [0.29, 0.717) is 34.8 Å². The molecule has 4 rings (SSSR count). The molecule has 2 heterocycles. The van der Waals surface area contributed by atoms with Crippen LogP contribution >= 0.6 is 0 Å². The number of nitrogens with one attached hydrogen (secondary N) is 1. The number of anilines is 1. The van der Waals surface area contributed by atoms with Crippen molar-refractivity contribution in [3.8, 4) is 11.5 Å². The lowest BCUT2D eigenvalue weighted by Gasteiger charge is -2.06. The van der Waals surface area contributed by atoms with E-state index in [-0.39, 0.29) is 5.91 Å². The maximum Gasteiger partial charge on any atom is 0.248 e. The Kier molecular flexibility index (Phi) is 4.75. The van der Waals surface area contributed by atoms with E-state index in [0.717, 1.165) is 5.76 Å². The van der Waals surface area contributed by atoms with Gasteiger partial charge in [-0.05, 0) is 66.9 Å². The van der Waals surface area contributed by atoms with Crippen LogP contribution in [0.4, 0.5) is 5.69 Å². The summed E-state index contributed by atoms with van der Waals surface area (Å²) in [6, 6.07) is 14.6. The predicted octanol–water partition coefficient (Wildman–Crippen LogP) is 5.24. The normalized spacial score (nSPS) is 18.4. The Balaban J connectivity index is 1.32. The standard InChI is InChI=1S/C22H20N2O3/c1-15-14-20(15)21-8-6-18(27-21)7-9-22(25)24-16-2-4-17(5-3-16)26-19-10-12-23-13-11-19/h2-13,15,20H,14H2,1H3,(H,24,25)/b9-7+. The summed E-state index contributed by atoms with van der Waals surface area (Å²) in [4.78, 5) is 16.0. The zero-order chi connectivity index (χ0) is 18.6. The number of benzene rings is 1. The molecule has 2 atom stereocenters. The van der Waals surface area contributed by atoms with Gasteiger partial charge in [0.2, 0.25) is 5.91 Å². The van der Waals surface area contributed by atoms with E-state index in [1.54, 1.807) is 54.9 Å². The van der Waals surface area contributed by atoms with Gasteiger partial charge in [0.15, 0.2) is 0 Å². The number of pyridine rings is 1. The second kappa shape index (κ2) is 7.50. The maximum absolute atomic E-state index is 12.1. The Morgan fingerprint density at radius 3 is 2.52 bits per heavy atom. The minimum atomic E-state index is -0.212. The SMILES string of the molecule is CC1CC1c1ccc(/C=C/C(=O)Nc2ccc(Oc3ccncc3)cc2)o1. The summed E-state index contributed by atoms with van der Waals surface area (Å²) in [5, 5.41) is 2.82. The third kappa shape index (κ3) is 4.44. The number of rotatable bonds is 6. The number of furan rings is 1. The van der Waals surface area contributed by atoms with E-state index in [1.807, 2.05) is 12.1 Å². The van der Waals surface area contributed by atoms with Crippen molar-refractivity contribution in [3.05, 3.63) is 78.5 Å². The molecule has 0 aliphatic heterocycles. The van der Waals surface area contributed by atoms with Crippen molar-refractivity contribution in [1.82, 2.24) is 4.98 Å². The molecule has 2 aromatic heterocycles. The monoisotopic (exact) mass is 360 g/mol. The van der Waals surface area contributed by atoms with Crippen LogP contribution in [0.25, 0.3) is 6.08 Å². The zero-order valence-corrected chi connectivity index (χ0v) is 15.0. The predicted molar refractivity (Wildman–Crippen MR) is 104 cm³/mol. The van der Waals surface area contributed by atoms with Crippen LogP contribution in [0, 0.1) is 5.92 Å². The molecule has 2 unspecified atom stereocenters. The number of carbonyl (C=O) groups is 1. The Morgan fingerprint density at radius 1 is 1.11 bits per heavy atom. The number of carbonyl (C=O) groups excluding carboxylic acids is 1. The van der Waals surface area contributed by atoms with Crippen molar-refractivity contribution >= 4 is 17.7 Å². The van der Waals surface area contributed by atoms with Crippen LogP contribution in [0.2, 0.25) is 0 Å².